The molecule has 0 saturated carbocycles. The highest BCUT2D eigenvalue weighted by Crippen LogP contribution is 2.26. The molecule has 1 amide bonds. The highest BCUT2D eigenvalue weighted by atomic mass is 16.5. The van der Waals surface area contributed by atoms with Crippen molar-refractivity contribution >= 4 is 28.3 Å². The van der Waals surface area contributed by atoms with E-state index < -0.39 is 5.97 Å². The number of amides is 1. The van der Waals surface area contributed by atoms with Gasteiger partial charge in [0.2, 0.25) is 17.6 Å². The lowest BCUT2D eigenvalue weighted by Gasteiger charge is -2.06. The lowest BCUT2D eigenvalue weighted by atomic mass is 10.0. The van der Waals surface area contributed by atoms with Gasteiger partial charge in [-0.05, 0) is 42.0 Å². The number of ether oxygens (including phenoxy) is 1. The minimum atomic E-state index is -0.390. The number of aromatic nitrogens is 2. The molecule has 0 aliphatic carbocycles. The minimum absolute atomic E-state index is 0.186. The first-order valence-electron chi connectivity index (χ1n) is 10.0. The number of nitrogens with one attached hydrogen (secondary N) is 1. The van der Waals surface area contributed by atoms with Crippen LogP contribution in [-0.2, 0) is 16.0 Å². The van der Waals surface area contributed by atoms with E-state index in [-0.39, 0.29) is 12.3 Å². The molecule has 1 heterocycles. The number of fused-ring (bicyclic) bond motifs is 1. The van der Waals surface area contributed by atoms with Crippen molar-refractivity contribution in [3.05, 3.63) is 78.2 Å². The summed E-state index contributed by atoms with van der Waals surface area (Å²) in [4.78, 5) is 28.4. The Morgan fingerprint density at radius 2 is 1.77 bits per heavy atom. The Kier molecular flexibility index (Phi) is 6.03. The largest absolute Gasteiger partial charge is 0.462 e. The van der Waals surface area contributed by atoms with Crippen LogP contribution in [0.5, 0.6) is 0 Å². The molecular formula is C24H21N3O4. The van der Waals surface area contributed by atoms with Gasteiger partial charge < -0.3 is 14.6 Å². The molecule has 7 heteroatoms. The highest BCUT2D eigenvalue weighted by Gasteiger charge is 2.13. The molecule has 0 radical (unpaired) electrons. The average molecular weight is 415 g/mol. The van der Waals surface area contributed by atoms with Gasteiger partial charge in [0, 0.05) is 24.1 Å². The Hall–Kier alpha value is -4.00. The van der Waals surface area contributed by atoms with Crippen molar-refractivity contribution in [1.29, 1.82) is 0 Å². The quantitative estimate of drug-likeness (QED) is 0.442. The first-order valence-corrected chi connectivity index (χ1v) is 10.0. The molecule has 4 rings (SSSR count). The van der Waals surface area contributed by atoms with Gasteiger partial charge in [-0.3, -0.25) is 4.79 Å². The normalized spacial score (nSPS) is 10.7. The monoisotopic (exact) mass is 415 g/mol. The number of rotatable bonds is 7. The molecule has 0 saturated heterocycles. The molecule has 0 fully saturated rings. The van der Waals surface area contributed by atoms with Crippen molar-refractivity contribution in [1.82, 2.24) is 10.1 Å². The average Bonchev–Trinajstić information content (AvgIpc) is 3.27. The fraction of sp³-hybridized carbons (Fsp3) is 0.167. The van der Waals surface area contributed by atoms with E-state index in [4.69, 9.17) is 9.26 Å². The first kappa shape index (κ1) is 20.3. The van der Waals surface area contributed by atoms with Gasteiger partial charge in [0.25, 0.3) is 0 Å². The van der Waals surface area contributed by atoms with E-state index in [2.05, 4.69) is 15.5 Å². The summed E-state index contributed by atoms with van der Waals surface area (Å²) >= 11 is 0. The fourth-order valence-electron chi connectivity index (χ4n) is 3.23. The number of benzene rings is 3. The van der Waals surface area contributed by atoms with Gasteiger partial charge in [-0.25, -0.2) is 4.79 Å². The predicted molar refractivity (Wildman–Crippen MR) is 117 cm³/mol. The Balaban J connectivity index is 1.36. The van der Waals surface area contributed by atoms with E-state index in [0.29, 0.717) is 36.0 Å². The summed E-state index contributed by atoms with van der Waals surface area (Å²) in [6.45, 7) is 2.07. The topological polar surface area (TPSA) is 94.3 Å². The van der Waals surface area contributed by atoms with E-state index in [1.165, 1.54) is 0 Å². The van der Waals surface area contributed by atoms with E-state index >= 15 is 0 Å². The summed E-state index contributed by atoms with van der Waals surface area (Å²) in [5.41, 5.74) is 1.92. The van der Waals surface area contributed by atoms with Crippen molar-refractivity contribution in [2.75, 3.05) is 11.9 Å². The van der Waals surface area contributed by atoms with Crippen LogP contribution in [0.3, 0.4) is 0 Å². The molecule has 0 aliphatic rings. The SMILES string of the molecule is CCOC(=O)c1ccc(NC(=O)CCc2nc(-c3cccc4ccccc34)no2)cc1. The van der Waals surface area contributed by atoms with Crippen LogP contribution in [0.1, 0.15) is 29.6 Å². The smallest absolute Gasteiger partial charge is 0.338 e. The van der Waals surface area contributed by atoms with Crippen LogP contribution in [0.15, 0.2) is 71.3 Å². The molecule has 31 heavy (non-hydrogen) atoms. The van der Waals surface area contributed by atoms with Crippen molar-refractivity contribution in [3.8, 4) is 11.4 Å². The zero-order valence-corrected chi connectivity index (χ0v) is 17.0. The molecule has 1 N–H and O–H groups in total. The maximum absolute atomic E-state index is 12.3. The lowest BCUT2D eigenvalue weighted by Crippen LogP contribution is -2.12. The molecular weight excluding hydrogens is 394 g/mol. The minimum Gasteiger partial charge on any atom is -0.462 e. The maximum Gasteiger partial charge on any atom is 0.338 e. The Morgan fingerprint density at radius 1 is 1.00 bits per heavy atom. The molecule has 156 valence electrons. The highest BCUT2D eigenvalue weighted by molar-refractivity contribution is 5.95. The molecule has 0 atom stereocenters. The number of hydrogen-bond acceptors (Lipinski definition) is 6. The zero-order chi connectivity index (χ0) is 21.6. The molecule has 1 aromatic heterocycles. The third-order valence-corrected chi connectivity index (χ3v) is 4.74. The first-order chi connectivity index (χ1) is 15.1. The van der Waals surface area contributed by atoms with E-state index in [1.807, 2.05) is 42.5 Å². The van der Waals surface area contributed by atoms with Crippen LogP contribution in [0.4, 0.5) is 5.69 Å². The number of hydrogen-bond donors (Lipinski definition) is 1. The van der Waals surface area contributed by atoms with E-state index in [0.717, 1.165) is 16.3 Å². The number of nitrogens with zero attached hydrogens (tertiary/aromatic N) is 2. The van der Waals surface area contributed by atoms with Crippen molar-refractivity contribution in [3.63, 3.8) is 0 Å². The second-order valence-corrected chi connectivity index (χ2v) is 6.88. The van der Waals surface area contributed by atoms with Gasteiger partial charge in [0.05, 0.1) is 12.2 Å². The van der Waals surface area contributed by atoms with Crippen LogP contribution >= 0.6 is 0 Å². The number of carbonyl (C=O) groups excluding carboxylic acids is 2. The number of aryl methyl sites for hydroxylation is 1. The Labute approximate surface area is 179 Å². The predicted octanol–water partition coefficient (Wildman–Crippen LogP) is 4.64. The van der Waals surface area contributed by atoms with Gasteiger partial charge >= 0.3 is 5.97 Å². The van der Waals surface area contributed by atoms with Gasteiger partial charge in [-0.2, -0.15) is 4.98 Å². The fourth-order valence-corrected chi connectivity index (χ4v) is 3.23. The molecule has 0 spiro atoms. The van der Waals surface area contributed by atoms with Crippen molar-refractivity contribution < 1.29 is 18.8 Å². The summed E-state index contributed by atoms with van der Waals surface area (Å²) in [5.74, 6) is 0.324. The lowest BCUT2D eigenvalue weighted by molar-refractivity contribution is -0.116. The van der Waals surface area contributed by atoms with Crippen LogP contribution < -0.4 is 5.32 Å². The van der Waals surface area contributed by atoms with E-state index in [1.54, 1.807) is 31.2 Å². The standard InChI is InChI=1S/C24H21N3O4/c1-2-30-24(29)17-10-12-18(13-11-17)25-21(28)14-15-22-26-23(27-31-22)20-9-5-7-16-6-3-4-8-19(16)20/h3-13H,2,14-15H2,1H3,(H,25,28). The third kappa shape index (κ3) is 4.78. The van der Waals surface area contributed by atoms with Gasteiger partial charge in [0.1, 0.15) is 0 Å². The Morgan fingerprint density at radius 3 is 2.58 bits per heavy atom. The van der Waals surface area contributed by atoms with Crippen molar-refractivity contribution in [2.45, 2.75) is 19.8 Å². The van der Waals surface area contributed by atoms with Crippen LogP contribution in [-0.4, -0.2) is 28.6 Å². The third-order valence-electron chi connectivity index (χ3n) is 4.74. The zero-order valence-electron chi connectivity index (χ0n) is 17.0. The summed E-state index contributed by atoms with van der Waals surface area (Å²) in [6.07, 6.45) is 0.515. The second-order valence-electron chi connectivity index (χ2n) is 6.88. The summed E-state index contributed by atoms with van der Waals surface area (Å²) < 4.78 is 10.3. The molecule has 0 unspecified atom stereocenters. The number of carbonyl (C=O) groups is 2. The number of esters is 1. The molecule has 3 aromatic carbocycles. The molecule has 4 aromatic rings. The maximum atomic E-state index is 12.3. The van der Waals surface area contributed by atoms with E-state index in [9.17, 15) is 9.59 Å². The number of anilines is 1. The van der Waals surface area contributed by atoms with Crippen LogP contribution in [0.25, 0.3) is 22.2 Å². The molecule has 0 aliphatic heterocycles. The summed E-state index contributed by atoms with van der Waals surface area (Å²) in [7, 11) is 0. The summed E-state index contributed by atoms with van der Waals surface area (Å²) in [5, 5.41) is 9.01. The summed E-state index contributed by atoms with van der Waals surface area (Å²) in [6, 6.07) is 20.5. The van der Waals surface area contributed by atoms with Crippen LogP contribution in [0, 0.1) is 0 Å². The second kappa shape index (κ2) is 9.21. The molecule has 0 bridgehead atoms. The Bertz CT molecular complexity index is 1210. The van der Waals surface area contributed by atoms with Gasteiger partial charge in [-0.1, -0.05) is 47.6 Å². The van der Waals surface area contributed by atoms with Crippen LogP contribution in [0.2, 0.25) is 0 Å². The van der Waals surface area contributed by atoms with Gasteiger partial charge in [-0.15, -0.1) is 0 Å². The van der Waals surface area contributed by atoms with Crippen molar-refractivity contribution in [2.24, 2.45) is 0 Å². The molecule has 7 nitrogen and oxygen atoms in total. The van der Waals surface area contributed by atoms with Gasteiger partial charge in [0.15, 0.2) is 0 Å².